The van der Waals surface area contributed by atoms with Crippen LogP contribution in [0.4, 0.5) is 0 Å². The molecule has 4 nitrogen and oxygen atoms in total. The number of nitrogens with two attached hydrogens (primary N) is 1. The summed E-state index contributed by atoms with van der Waals surface area (Å²) < 4.78 is 0. The molecule has 0 amide bonds. The first-order valence-electron chi connectivity index (χ1n) is 6.15. The fraction of sp³-hybridized carbons (Fsp3) is 0.917. The maximum absolute atomic E-state index is 11.1. The van der Waals surface area contributed by atoms with Crippen LogP contribution in [0.2, 0.25) is 0 Å². The number of hydrogen-bond donors (Lipinski definition) is 2. The first-order valence-corrected chi connectivity index (χ1v) is 6.15. The topological polar surface area (TPSA) is 66.6 Å². The van der Waals surface area contributed by atoms with Crippen LogP contribution >= 0.6 is 0 Å². The van der Waals surface area contributed by atoms with Crippen molar-refractivity contribution in [2.45, 2.75) is 63.6 Å². The minimum absolute atomic E-state index is 0.310. The van der Waals surface area contributed by atoms with E-state index in [0.29, 0.717) is 24.9 Å². The van der Waals surface area contributed by atoms with Crippen molar-refractivity contribution >= 4 is 5.97 Å². The molecule has 1 fully saturated rings. The van der Waals surface area contributed by atoms with E-state index < -0.39 is 11.5 Å². The molecule has 1 saturated carbocycles. The summed E-state index contributed by atoms with van der Waals surface area (Å²) in [6.07, 6.45) is 4.23. The van der Waals surface area contributed by atoms with Crippen LogP contribution in [0.25, 0.3) is 0 Å². The number of carboxylic acids is 1. The normalized spacial score (nSPS) is 32.7. The van der Waals surface area contributed by atoms with E-state index in [1.165, 1.54) is 0 Å². The average molecular weight is 228 g/mol. The van der Waals surface area contributed by atoms with Crippen LogP contribution in [-0.2, 0) is 4.79 Å². The minimum Gasteiger partial charge on any atom is -0.480 e. The zero-order valence-electron chi connectivity index (χ0n) is 10.6. The van der Waals surface area contributed by atoms with Gasteiger partial charge in [0.1, 0.15) is 5.54 Å². The van der Waals surface area contributed by atoms with Crippen molar-refractivity contribution in [3.05, 3.63) is 0 Å². The van der Waals surface area contributed by atoms with E-state index in [0.717, 1.165) is 19.3 Å². The van der Waals surface area contributed by atoms with E-state index in [4.69, 9.17) is 10.8 Å². The minimum atomic E-state index is -1.01. The summed E-state index contributed by atoms with van der Waals surface area (Å²) in [5.74, 6) is -0.852. The van der Waals surface area contributed by atoms with Crippen molar-refractivity contribution in [1.29, 1.82) is 0 Å². The Morgan fingerprint density at radius 3 is 2.81 bits per heavy atom. The smallest absolute Gasteiger partial charge is 0.323 e. The van der Waals surface area contributed by atoms with Crippen molar-refractivity contribution in [2.75, 3.05) is 7.05 Å². The molecule has 0 aromatic carbocycles. The Morgan fingerprint density at radius 2 is 2.31 bits per heavy atom. The molecule has 1 rings (SSSR count). The highest BCUT2D eigenvalue weighted by molar-refractivity contribution is 5.78. The van der Waals surface area contributed by atoms with E-state index in [1.807, 2.05) is 0 Å². The lowest BCUT2D eigenvalue weighted by Gasteiger charge is -2.41. The SMILES string of the molecule is CCC(C)N(C)C1CCCC(N)(C(=O)O)C1. The predicted octanol–water partition coefficient (Wildman–Crippen LogP) is 1.44. The molecule has 0 spiro atoms. The number of nitrogens with zero attached hydrogens (tertiary/aromatic N) is 1. The third-order valence-corrected chi connectivity index (χ3v) is 4.05. The van der Waals surface area contributed by atoms with Gasteiger partial charge in [0.2, 0.25) is 0 Å². The van der Waals surface area contributed by atoms with Crippen LogP contribution in [0.3, 0.4) is 0 Å². The summed E-state index contributed by atoms with van der Waals surface area (Å²) >= 11 is 0. The standard InChI is InChI=1S/C12H24N2O2/c1-4-9(2)14(3)10-6-5-7-12(13,8-10)11(15)16/h9-10H,4-8,13H2,1-3H3,(H,15,16). The van der Waals surface area contributed by atoms with Crippen molar-refractivity contribution in [1.82, 2.24) is 4.90 Å². The highest BCUT2D eigenvalue weighted by atomic mass is 16.4. The van der Waals surface area contributed by atoms with Crippen LogP contribution in [0.5, 0.6) is 0 Å². The Labute approximate surface area is 97.8 Å². The lowest BCUT2D eigenvalue weighted by molar-refractivity contribution is -0.145. The van der Waals surface area contributed by atoms with Crippen molar-refractivity contribution in [3.63, 3.8) is 0 Å². The lowest BCUT2D eigenvalue weighted by Crippen LogP contribution is -2.56. The van der Waals surface area contributed by atoms with Gasteiger partial charge in [0.15, 0.2) is 0 Å². The second-order valence-corrected chi connectivity index (χ2v) is 5.13. The number of carboxylic acid groups (broad SMARTS) is 1. The molecular formula is C12H24N2O2. The molecule has 16 heavy (non-hydrogen) atoms. The van der Waals surface area contributed by atoms with Crippen LogP contribution in [0.15, 0.2) is 0 Å². The van der Waals surface area contributed by atoms with Gasteiger partial charge in [-0.05, 0) is 46.1 Å². The van der Waals surface area contributed by atoms with Crippen molar-refractivity contribution < 1.29 is 9.90 Å². The Balaban J connectivity index is 2.67. The third-order valence-electron chi connectivity index (χ3n) is 4.05. The summed E-state index contributed by atoms with van der Waals surface area (Å²) in [6.45, 7) is 4.32. The maximum Gasteiger partial charge on any atom is 0.323 e. The second-order valence-electron chi connectivity index (χ2n) is 5.13. The summed E-state index contributed by atoms with van der Waals surface area (Å²) in [5.41, 5.74) is 4.94. The highest BCUT2D eigenvalue weighted by Crippen LogP contribution is 2.30. The first kappa shape index (κ1) is 13.5. The molecule has 0 saturated heterocycles. The zero-order valence-corrected chi connectivity index (χ0v) is 10.6. The molecule has 0 heterocycles. The van der Waals surface area contributed by atoms with E-state index in [2.05, 4.69) is 25.8 Å². The quantitative estimate of drug-likeness (QED) is 0.764. The van der Waals surface area contributed by atoms with E-state index in [9.17, 15) is 4.79 Å². The Morgan fingerprint density at radius 1 is 1.69 bits per heavy atom. The fourth-order valence-electron chi connectivity index (χ4n) is 2.47. The van der Waals surface area contributed by atoms with Gasteiger partial charge in [-0.1, -0.05) is 6.92 Å². The third kappa shape index (κ3) is 2.74. The Kier molecular flexibility index (Phi) is 4.33. The van der Waals surface area contributed by atoms with Crippen LogP contribution in [0.1, 0.15) is 46.0 Å². The zero-order chi connectivity index (χ0) is 12.3. The summed E-state index contributed by atoms with van der Waals surface area (Å²) in [5, 5.41) is 9.15. The van der Waals surface area contributed by atoms with Crippen molar-refractivity contribution in [3.8, 4) is 0 Å². The molecule has 0 aliphatic heterocycles. The number of rotatable bonds is 4. The lowest BCUT2D eigenvalue weighted by atomic mass is 9.79. The Bertz CT molecular complexity index is 257. The average Bonchev–Trinajstić information content (AvgIpc) is 2.27. The van der Waals surface area contributed by atoms with Gasteiger partial charge in [-0.3, -0.25) is 4.79 Å². The fourth-order valence-corrected chi connectivity index (χ4v) is 2.47. The van der Waals surface area contributed by atoms with Crippen molar-refractivity contribution in [2.24, 2.45) is 5.73 Å². The van der Waals surface area contributed by atoms with Gasteiger partial charge in [0.25, 0.3) is 0 Å². The second kappa shape index (κ2) is 5.15. The molecule has 1 aliphatic rings. The van der Waals surface area contributed by atoms with Gasteiger partial charge in [-0.25, -0.2) is 0 Å². The first-order chi connectivity index (χ1) is 7.40. The van der Waals surface area contributed by atoms with Gasteiger partial charge in [0.05, 0.1) is 0 Å². The van der Waals surface area contributed by atoms with Crippen LogP contribution in [-0.4, -0.2) is 40.6 Å². The van der Waals surface area contributed by atoms with E-state index >= 15 is 0 Å². The maximum atomic E-state index is 11.1. The number of hydrogen-bond acceptors (Lipinski definition) is 3. The molecule has 0 radical (unpaired) electrons. The molecule has 1 aliphatic carbocycles. The molecule has 0 bridgehead atoms. The molecular weight excluding hydrogens is 204 g/mol. The molecule has 3 unspecified atom stereocenters. The van der Waals surface area contributed by atoms with Gasteiger partial charge in [0, 0.05) is 12.1 Å². The van der Waals surface area contributed by atoms with E-state index in [-0.39, 0.29) is 0 Å². The Hall–Kier alpha value is -0.610. The van der Waals surface area contributed by atoms with Gasteiger partial charge in [-0.15, -0.1) is 0 Å². The molecule has 3 atom stereocenters. The molecule has 3 N–H and O–H groups in total. The summed E-state index contributed by atoms with van der Waals surface area (Å²) in [7, 11) is 2.08. The molecule has 0 aromatic rings. The molecule has 94 valence electrons. The monoisotopic (exact) mass is 228 g/mol. The summed E-state index contributed by atoms with van der Waals surface area (Å²) in [6, 6.07) is 0.797. The number of aliphatic carboxylic acids is 1. The summed E-state index contributed by atoms with van der Waals surface area (Å²) in [4.78, 5) is 13.4. The van der Waals surface area contributed by atoms with Gasteiger partial charge < -0.3 is 15.7 Å². The van der Waals surface area contributed by atoms with Gasteiger partial charge in [-0.2, -0.15) is 0 Å². The molecule has 0 aromatic heterocycles. The van der Waals surface area contributed by atoms with Crippen LogP contribution < -0.4 is 5.73 Å². The molecule has 4 heteroatoms. The largest absolute Gasteiger partial charge is 0.480 e. The van der Waals surface area contributed by atoms with Crippen LogP contribution in [0, 0.1) is 0 Å². The van der Waals surface area contributed by atoms with E-state index in [1.54, 1.807) is 0 Å². The predicted molar refractivity (Wildman–Crippen MR) is 64.3 cm³/mol. The van der Waals surface area contributed by atoms with Gasteiger partial charge >= 0.3 is 5.97 Å². The number of carbonyl (C=O) groups is 1. The highest BCUT2D eigenvalue weighted by Gasteiger charge is 2.40.